The molecule has 0 heterocycles. The van der Waals surface area contributed by atoms with Crippen molar-refractivity contribution >= 4 is 17.6 Å². The third-order valence-electron chi connectivity index (χ3n) is 3.24. The number of carbonyl (C=O) groups excluding carboxylic acids is 1. The number of benzene rings is 1. The molecule has 1 saturated carbocycles. The molecule has 0 bridgehead atoms. The van der Waals surface area contributed by atoms with Crippen LogP contribution in [0.25, 0.3) is 0 Å². The molecule has 5 nitrogen and oxygen atoms in total. The van der Waals surface area contributed by atoms with E-state index in [4.69, 9.17) is 5.11 Å². The number of aryl methyl sites for hydroxylation is 1. The number of carboxylic acid groups (broad SMARTS) is 1. The van der Waals surface area contributed by atoms with Crippen LogP contribution in [0.2, 0.25) is 0 Å². The van der Waals surface area contributed by atoms with E-state index >= 15 is 0 Å². The third-order valence-corrected chi connectivity index (χ3v) is 3.24. The first kappa shape index (κ1) is 14.4. The van der Waals surface area contributed by atoms with Crippen molar-refractivity contribution in [3.63, 3.8) is 0 Å². The summed E-state index contributed by atoms with van der Waals surface area (Å²) in [6.45, 7) is 2.44. The lowest BCUT2D eigenvalue weighted by molar-refractivity contribution is -0.121. The zero-order valence-electron chi connectivity index (χ0n) is 11.6. The van der Waals surface area contributed by atoms with E-state index in [-0.39, 0.29) is 11.5 Å². The molecule has 1 aliphatic rings. The van der Waals surface area contributed by atoms with Gasteiger partial charge in [-0.05, 0) is 38.3 Å². The van der Waals surface area contributed by atoms with Crippen LogP contribution >= 0.6 is 0 Å². The van der Waals surface area contributed by atoms with Gasteiger partial charge in [-0.2, -0.15) is 0 Å². The summed E-state index contributed by atoms with van der Waals surface area (Å²) < 4.78 is 0. The Kier molecular flexibility index (Phi) is 4.61. The summed E-state index contributed by atoms with van der Waals surface area (Å²) in [6, 6.07) is 5.67. The van der Waals surface area contributed by atoms with Crippen molar-refractivity contribution in [3.05, 3.63) is 29.3 Å². The average molecular weight is 276 g/mol. The zero-order chi connectivity index (χ0) is 14.5. The van der Waals surface area contributed by atoms with Gasteiger partial charge in [-0.15, -0.1) is 0 Å². The lowest BCUT2D eigenvalue weighted by Crippen LogP contribution is -2.25. The van der Waals surface area contributed by atoms with Crippen molar-refractivity contribution in [3.8, 4) is 0 Å². The van der Waals surface area contributed by atoms with Gasteiger partial charge in [0.15, 0.2) is 0 Å². The zero-order valence-corrected chi connectivity index (χ0v) is 11.6. The van der Waals surface area contributed by atoms with Crippen LogP contribution in [0.4, 0.5) is 5.69 Å². The Balaban J connectivity index is 1.78. The molecule has 1 aromatic carbocycles. The second-order valence-electron chi connectivity index (χ2n) is 5.23. The maximum atomic E-state index is 11.5. The van der Waals surface area contributed by atoms with Crippen LogP contribution in [0.3, 0.4) is 0 Å². The fourth-order valence-corrected chi connectivity index (χ4v) is 1.99. The molecule has 3 N–H and O–H groups in total. The van der Waals surface area contributed by atoms with Crippen molar-refractivity contribution in [2.45, 2.75) is 38.6 Å². The van der Waals surface area contributed by atoms with Crippen LogP contribution < -0.4 is 10.6 Å². The van der Waals surface area contributed by atoms with Gasteiger partial charge in [0.05, 0.1) is 5.56 Å². The molecule has 1 fully saturated rings. The van der Waals surface area contributed by atoms with Crippen LogP contribution in [-0.2, 0) is 4.79 Å². The molecule has 108 valence electrons. The number of nitrogens with one attached hydrogen (secondary N) is 2. The molecule has 0 unspecified atom stereocenters. The molecule has 2 rings (SSSR count). The number of carboxylic acids is 1. The maximum absolute atomic E-state index is 11.5. The van der Waals surface area contributed by atoms with Gasteiger partial charge in [-0.1, -0.05) is 11.6 Å². The highest BCUT2D eigenvalue weighted by atomic mass is 16.4. The fourth-order valence-electron chi connectivity index (χ4n) is 1.99. The monoisotopic (exact) mass is 276 g/mol. The second-order valence-corrected chi connectivity index (χ2v) is 5.23. The number of aromatic carboxylic acids is 1. The lowest BCUT2D eigenvalue weighted by Gasteiger charge is -2.10. The van der Waals surface area contributed by atoms with Gasteiger partial charge in [-0.25, -0.2) is 4.79 Å². The highest BCUT2D eigenvalue weighted by Gasteiger charge is 2.22. The molecule has 5 heteroatoms. The summed E-state index contributed by atoms with van der Waals surface area (Å²) in [7, 11) is 0. The largest absolute Gasteiger partial charge is 0.478 e. The van der Waals surface area contributed by atoms with E-state index in [2.05, 4.69) is 10.6 Å². The molecule has 20 heavy (non-hydrogen) atoms. The first-order chi connectivity index (χ1) is 9.56. The maximum Gasteiger partial charge on any atom is 0.337 e. The van der Waals surface area contributed by atoms with E-state index in [1.54, 1.807) is 12.1 Å². The summed E-state index contributed by atoms with van der Waals surface area (Å²) in [6.07, 6.45) is 3.34. The molecule has 0 atom stereocenters. The Labute approximate surface area is 118 Å². The minimum absolute atomic E-state index is 0.0802. The predicted octanol–water partition coefficient (Wildman–Crippen LogP) is 2.16. The van der Waals surface area contributed by atoms with Crippen LogP contribution in [0.15, 0.2) is 18.2 Å². The van der Waals surface area contributed by atoms with Crippen LogP contribution in [-0.4, -0.2) is 29.6 Å². The van der Waals surface area contributed by atoms with Gasteiger partial charge in [0.25, 0.3) is 0 Å². The second kappa shape index (κ2) is 6.41. The predicted molar refractivity (Wildman–Crippen MR) is 77.0 cm³/mol. The molecule has 1 amide bonds. The van der Waals surface area contributed by atoms with Gasteiger partial charge < -0.3 is 15.7 Å². The van der Waals surface area contributed by atoms with Crippen molar-refractivity contribution in [2.75, 3.05) is 11.9 Å². The third kappa shape index (κ3) is 4.26. The molecule has 0 aliphatic heterocycles. The Morgan fingerprint density at radius 2 is 2.10 bits per heavy atom. The first-order valence-electron chi connectivity index (χ1n) is 6.93. The van der Waals surface area contributed by atoms with Crippen LogP contribution in [0, 0.1) is 6.92 Å². The molecular weight excluding hydrogens is 256 g/mol. The highest BCUT2D eigenvalue weighted by molar-refractivity contribution is 5.94. The molecule has 1 aliphatic carbocycles. The molecule has 0 radical (unpaired) electrons. The van der Waals surface area contributed by atoms with Crippen molar-refractivity contribution in [1.82, 2.24) is 5.32 Å². The van der Waals surface area contributed by atoms with E-state index in [9.17, 15) is 9.59 Å². The van der Waals surface area contributed by atoms with Crippen LogP contribution in [0.5, 0.6) is 0 Å². The number of hydrogen-bond acceptors (Lipinski definition) is 3. The first-order valence-corrected chi connectivity index (χ1v) is 6.93. The number of hydrogen-bond donors (Lipinski definition) is 3. The lowest BCUT2D eigenvalue weighted by atomic mass is 10.1. The van der Waals surface area contributed by atoms with Crippen molar-refractivity contribution in [2.24, 2.45) is 0 Å². The molecule has 0 saturated heterocycles. The van der Waals surface area contributed by atoms with E-state index in [0.717, 1.165) is 18.4 Å². The Bertz CT molecular complexity index is 510. The Morgan fingerprint density at radius 1 is 1.35 bits per heavy atom. The summed E-state index contributed by atoms with van der Waals surface area (Å²) in [5.74, 6) is -0.862. The minimum atomic E-state index is -0.942. The summed E-state index contributed by atoms with van der Waals surface area (Å²) in [4.78, 5) is 22.6. The Hall–Kier alpha value is -2.04. The average Bonchev–Trinajstić information content (AvgIpc) is 3.19. The number of amides is 1. The van der Waals surface area contributed by atoms with Gasteiger partial charge in [0, 0.05) is 24.7 Å². The summed E-state index contributed by atoms with van der Waals surface area (Å²) >= 11 is 0. The quantitative estimate of drug-likeness (QED) is 0.667. The minimum Gasteiger partial charge on any atom is -0.478 e. The van der Waals surface area contributed by atoms with Crippen LogP contribution in [0.1, 0.15) is 41.6 Å². The topological polar surface area (TPSA) is 78.4 Å². The highest BCUT2D eigenvalue weighted by Crippen LogP contribution is 2.19. The summed E-state index contributed by atoms with van der Waals surface area (Å²) in [5, 5.41) is 15.2. The molecule has 1 aromatic rings. The van der Waals surface area contributed by atoms with E-state index in [1.165, 1.54) is 0 Å². The van der Waals surface area contributed by atoms with Gasteiger partial charge in [-0.3, -0.25) is 4.79 Å². The van der Waals surface area contributed by atoms with Crippen molar-refractivity contribution < 1.29 is 14.7 Å². The molecule has 0 spiro atoms. The molecular formula is C15H20N2O3. The fraction of sp³-hybridized carbons (Fsp3) is 0.467. The smallest absolute Gasteiger partial charge is 0.337 e. The van der Waals surface area contributed by atoms with Crippen molar-refractivity contribution in [1.29, 1.82) is 0 Å². The van der Waals surface area contributed by atoms with E-state index in [1.807, 2.05) is 13.0 Å². The Morgan fingerprint density at radius 3 is 2.75 bits per heavy atom. The van der Waals surface area contributed by atoms with E-state index in [0.29, 0.717) is 31.1 Å². The normalized spacial score (nSPS) is 13.8. The van der Waals surface area contributed by atoms with E-state index < -0.39 is 5.97 Å². The summed E-state index contributed by atoms with van der Waals surface area (Å²) in [5.41, 5.74) is 1.79. The SMILES string of the molecule is Cc1ccc(NCCCC(=O)NC2CC2)c(C(=O)O)c1. The standard InChI is InChI=1S/C15H20N2O3/c1-10-4-7-13(12(9-10)15(19)20)16-8-2-3-14(18)17-11-5-6-11/h4,7,9,11,16H,2-3,5-6,8H2,1H3,(H,17,18)(H,19,20). The number of rotatable bonds is 7. The molecule has 0 aromatic heterocycles. The number of anilines is 1. The van der Waals surface area contributed by atoms with Gasteiger partial charge >= 0.3 is 5.97 Å². The number of carbonyl (C=O) groups is 2. The van der Waals surface area contributed by atoms with Gasteiger partial charge in [0.1, 0.15) is 0 Å². The van der Waals surface area contributed by atoms with Gasteiger partial charge in [0.2, 0.25) is 5.91 Å².